The van der Waals surface area contributed by atoms with Crippen LogP contribution in [0.25, 0.3) is 27.8 Å². The number of pyridine rings is 1. The Labute approximate surface area is 110 Å². The maximum atomic E-state index is 12.3. The Morgan fingerprint density at radius 2 is 1.95 bits per heavy atom. The summed E-state index contributed by atoms with van der Waals surface area (Å²) in [5, 5.41) is 3.24. The zero-order chi connectivity index (χ0) is 12.8. The number of benzene rings is 2. The Hall–Kier alpha value is -2.48. The molecule has 0 unspecified atom stereocenters. The van der Waals surface area contributed by atoms with Gasteiger partial charge >= 0.3 is 0 Å². The Morgan fingerprint density at radius 3 is 2.89 bits per heavy atom. The molecule has 0 amide bonds. The van der Waals surface area contributed by atoms with Gasteiger partial charge in [0.2, 0.25) is 0 Å². The Balaban J connectivity index is 2.29. The van der Waals surface area contributed by atoms with Crippen LogP contribution >= 0.6 is 0 Å². The lowest BCUT2D eigenvalue weighted by Gasteiger charge is -2.13. The number of hydrogen-bond acceptors (Lipinski definition) is 2. The number of nitrogens with zero attached hydrogens (tertiary/aromatic N) is 1. The third-order valence-electron chi connectivity index (χ3n) is 3.67. The summed E-state index contributed by atoms with van der Waals surface area (Å²) in [5.41, 5.74) is 2.64. The first-order chi connectivity index (χ1) is 9.34. The van der Waals surface area contributed by atoms with Crippen LogP contribution in [-0.2, 0) is 0 Å². The molecular formula is C17H11NO. The van der Waals surface area contributed by atoms with Crippen molar-refractivity contribution >= 4 is 33.5 Å². The highest BCUT2D eigenvalue weighted by Gasteiger charge is 2.18. The number of aromatic nitrogens is 1. The average molecular weight is 245 g/mol. The number of allylic oxidation sites excluding steroid dienone is 1. The molecule has 1 aromatic heterocycles. The van der Waals surface area contributed by atoms with Gasteiger partial charge in [-0.2, -0.15) is 0 Å². The van der Waals surface area contributed by atoms with Crippen molar-refractivity contribution in [3.05, 3.63) is 59.8 Å². The first kappa shape index (κ1) is 10.4. The molecule has 2 heteroatoms. The second kappa shape index (κ2) is 3.75. The molecule has 0 bridgehead atoms. The zero-order valence-electron chi connectivity index (χ0n) is 10.3. The van der Waals surface area contributed by atoms with Gasteiger partial charge in [0.05, 0.1) is 5.52 Å². The van der Waals surface area contributed by atoms with Crippen LogP contribution in [0.2, 0.25) is 0 Å². The summed E-state index contributed by atoms with van der Waals surface area (Å²) >= 11 is 0. The lowest BCUT2D eigenvalue weighted by molar-refractivity contribution is 0.0996. The molecule has 0 spiro atoms. The second-order valence-electron chi connectivity index (χ2n) is 4.80. The fourth-order valence-electron chi connectivity index (χ4n) is 2.80. The molecule has 2 nitrogen and oxygen atoms in total. The van der Waals surface area contributed by atoms with Crippen molar-refractivity contribution in [2.45, 2.75) is 6.42 Å². The van der Waals surface area contributed by atoms with Crippen molar-refractivity contribution in [2.24, 2.45) is 0 Å². The molecule has 0 fully saturated rings. The Kier molecular flexibility index (Phi) is 2.06. The summed E-state index contributed by atoms with van der Waals surface area (Å²) in [4.78, 5) is 16.7. The van der Waals surface area contributed by atoms with Crippen LogP contribution in [0.15, 0.2) is 48.7 Å². The average Bonchev–Trinajstić information content (AvgIpc) is 2.47. The van der Waals surface area contributed by atoms with Gasteiger partial charge in [-0.25, -0.2) is 0 Å². The van der Waals surface area contributed by atoms with E-state index in [1.54, 1.807) is 6.20 Å². The van der Waals surface area contributed by atoms with Crippen LogP contribution in [0.4, 0.5) is 0 Å². The molecule has 0 radical (unpaired) electrons. The minimum Gasteiger partial charge on any atom is -0.294 e. The van der Waals surface area contributed by atoms with Gasteiger partial charge in [-0.1, -0.05) is 42.5 Å². The van der Waals surface area contributed by atoms with Crippen LogP contribution in [0.1, 0.15) is 22.3 Å². The highest BCUT2D eigenvalue weighted by molar-refractivity contribution is 6.20. The van der Waals surface area contributed by atoms with Crippen molar-refractivity contribution in [1.82, 2.24) is 4.98 Å². The first-order valence-corrected chi connectivity index (χ1v) is 6.35. The Bertz CT molecular complexity index is 862. The van der Waals surface area contributed by atoms with Crippen molar-refractivity contribution in [2.75, 3.05) is 0 Å². The number of hydrogen-bond donors (Lipinski definition) is 0. The van der Waals surface area contributed by atoms with Crippen molar-refractivity contribution in [3.8, 4) is 0 Å². The molecule has 0 saturated heterocycles. The van der Waals surface area contributed by atoms with Crippen LogP contribution in [0, 0.1) is 0 Å². The third kappa shape index (κ3) is 1.43. The number of Topliss-reactive ketones (excluding diaryl/α,β-unsaturated/α-hetero) is 1. The van der Waals surface area contributed by atoms with Crippen LogP contribution in [0.3, 0.4) is 0 Å². The number of carbonyl (C=O) groups is 1. The van der Waals surface area contributed by atoms with Gasteiger partial charge < -0.3 is 0 Å². The summed E-state index contributed by atoms with van der Waals surface area (Å²) in [6, 6.07) is 12.2. The van der Waals surface area contributed by atoms with Crippen LogP contribution in [0.5, 0.6) is 0 Å². The van der Waals surface area contributed by atoms with Crippen LogP contribution in [-0.4, -0.2) is 10.8 Å². The molecule has 4 rings (SSSR count). The van der Waals surface area contributed by atoms with Gasteiger partial charge in [0.1, 0.15) is 0 Å². The number of carbonyl (C=O) groups excluding carboxylic acids is 1. The fraction of sp³-hybridized carbons (Fsp3) is 0.0588. The standard InChI is InChI=1S/C17H11NO/c19-15-7-3-5-12-10-18-14-9-8-11-4-1-2-6-13(11)17(14)16(12)15/h1-6,8-10H,7H2. The van der Waals surface area contributed by atoms with Gasteiger partial charge in [-0.05, 0) is 16.8 Å². The number of ketones is 1. The molecule has 0 atom stereocenters. The predicted molar refractivity (Wildman–Crippen MR) is 77.2 cm³/mol. The van der Waals surface area contributed by atoms with E-state index in [4.69, 9.17) is 0 Å². The number of rotatable bonds is 0. The molecule has 0 N–H and O–H groups in total. The van der Waals surface area contributed by atoms with Gasteiger partial charge in [0.15, 0.2) is 5.78 Å². The molecule has 1 aliphatic carbocycles. The lowest BCUT2D eigenvalue weighted by atomic mass is 9.91. The molecular weight excluding hydrogens is 234 g/mol. The summed E-state index contributed by atoms with van der Waals surface area (Å²) in [6.07, 6.45) is 6.17. The van der Waals surface area contributed by atoms with E-state index < -0.39 is 0 Å². The molecule has 1 heterocycles. The van der Waals surface area contributed by atoms with E-state index in [1.807, 2.05) is 30.4 Å². The Morgan fingerprint density at radius 1 is 1.05 bits per heavy atom. The van der Waals surface area contributed by atoms with Crippen LogP contribution < -0.4 is 0 Å². The van der Waals surface area contributed by atoms with E-state index in [0.717, 1.165) is 32.8 Å². The van der Waals surface area contributed by atoms with E-state index in [2.05, 4.69) is 23.2 Å². The van der Waals surface area contributed by atoms with E-state index in [0.29, 0.717) is 6.42 Å². The third-order valence-corrected chi connectivity index (χ3v) is 3.67. The summed E-state index contributed by atoms with van der Waals surface area (Å²) < 4.78 is 0. The largest absolute Gasteiger partial charge is 0.294 e. The summed E-state index contributed by atoms with van der Waals surface area (Å²) in [7, 11) is 0. The van der Waals surface area contributed by atoms with E-state index >= 15 is 0 Å². The molecule has 90 valence electrons. The van der Waals surface area contributed by atoms with Gasteiger partial charge in [0.25, 0.3) is 0 Å². The summed E-state index contributed by atoms with van der Waals surface area (Å²) in [5.74, 6) is 0.182. The van der Waals surface area contributed by atoms with Gasteiger partial charge in [-0.15, -0.1) is 0 Å². The zero-order valence-corrected chi connectivity index (χ0v) is 10.3. The van der Waals surface area contributed by atoms with E-state index in [-0.39, 0.29) is 5.78 Å². The highest BCUT2D eigenvalue weighted by atomic mass is 16.1. The fourth-order valence-corrected chi connectivity index (χ4v) is 2.80. The van der Waals surface area contributed by atoms with Gasteiger partial charge in [0, 0.05) is 29.1 Å². The minimum atomic E-state index is 0.182. The molecule has 0 saturated carbocycles. The lowest BCUT2D eigenvalue weighted by Crippen LogP contribution is -2.06. The molecule has 3 aromatic rings. The topological polar surface area (TPSA) is 30.0 Å². The van der Waals surface area contributed by atoms with E-state index in [1.165, 1.54) is 0 Å². The molecule has 19 heavy (non-hydrogen) atoms. The normalized spacial score (nSPS) is 14.0. The molecule has 1 aliphatic rings. The molecule has 2 aromatic carbocycles. The van der Waals surface area contributed by atoms with Crippen molar-refractivity contribution in [3.63, 3.8) is 0 Å². The number of fused-ring (bicyclic) bond motifs is 5. The van der Waals surface area contributed by atoms with Crippen molar-refractivity contribution < 1.29 is 4.79 Å². The van der Waals surface area contributed by atoms with Crippen molar-refractivity contribution in [1.29, 1.82) is 0 Å². The van der Waals surface area contributed by atoms with E-state index in [9.17, 15) is 4.79 Å². The van der Waals surface area contributed by atoms with Gasteiger partial charge in [-0.3, -0.25) is 9.78 Å². The monoisotopic (exact) mass is 245 g/mol. The maximum Gasteiger partial charge on any atom is 0.167 e. The molecule has 0 aliphatic heterocycles. The predicted octanol–water partition coefficient (Wildman–Crippen LogP) is 3.99. The SMILES string of the molecule is O=C1CC=Cc2cnc3ccc4ccccc4c3c21. The quantitative estimate of drug-likeness (QED) is 0.560. The maximum absolute atomic E-state index is 12.3. The highest BCUT2D eigenvalue weighted by Crippen LogP contribution is 2.32. The minimum absolute atomic E-state index is 0.182. The summed E-state index contributed by atoms with van der Waals surface area (Å²) in [6.45, 7) is 0. The smallest absolute Gasteiger partial charge is 0.167 e. The second-order valence-corrected chi connectivity index (χ2v) is 4.80. The first-order valence-electron chi connectivity index (χ1n) is 6.35.